The SMILES string of the molecule is CC(N(C)c1nc(CC(=O)O)cs1)C(C)(C)C. The fourth-order valence-electron chi connectivity index (χ4n) is 1.44. The Balaban J connectivity index is 2.79. The first-order chi connectivity index (χ1) is 7.71. The second-order valence-electron chi connectivity index (χ2n) is 5.34. The molecule has 0 spiro atoms. The van der Waals surface area contributed by atoms with Gasteiger partial charge in [0.15, 0.2) is 5.13 Å². The molecule has 0 fully saturated rings. The molecule has 0 bridgehead atoms. The quantitative estimate of drug-likeness (QED) is 0.899. The zero-order valence-electron chi connectivity index (χ0n) is 11.0. The first kappa shape index (κ1) is 14.0. The van der Waals surface area contributed by atoms with Crippen LogP contribution in [0.1, 0.15) is 33.4 Å². The molecule has 1 atom stereocenters. The van der Waals surface area contributed by atoms with E-state index >= 15 is 0 Å². The predicted molar refractivity (Wildman–Crippen MR) is 70.8 cm³/mol. The van der Waals surface area contributed by atoms with Gasteiger partial charge in [-0.05, 0) is 12.3 Å². The van der Waals surface area contributed by atoms with E-state index in [9.17, 15) is 4.79 Å². The molecule has 0 aliphatic rings. The van der Waals surface area contributed by atoms with Crippen LogP contribution < -0.4 is 4.90 Å². The van der Waals surface area contributed by atoms with Crippen LogP contribution in [0.15, 0.2) is 5.38 Å². The van der Waals surface area contributed by atoms with Gasteiger partial charge >= 0.3 is 5.97 Å². The van der Waals surface area contributed by atoms with Gasteiger partial charge in [0, 0.05) is 18.5 Å². The number of hydrogen-bond donors (Lipinski definition) is 1. The smallest absolute Gasteiger partial charge is 0.309 e. The summed E-state index contributed by atoms with van der Waals surface area (Å²) < 4.78 is 0. The van der Waals surface area contributed by atoms with Gasteiger partial charge in [0.05, 0.1) is 12.1 Å². The second-order valence-corrected chi connectivity index (χ2v) is 6.18. The Hall–Kier alpha value is -1.10. The molecule has 0 aromatic carbocycles. The summed E-state index contributed by atoms with van der Waals surface area (Å²) in [6, 6.07) is 0.339. The third kappa shape index (κ3) is 3.70. The van der Waals surface area contributed by atoms with Gasteiger partial charge < -0.3 is 10.0 Å². The van der Waals surface area contributed by atoms with Gasteiger partial charge in [-0.2, -0.15) is 0 Å². The normalized spacial score (nSPS) is 13.5. The molecule has 17 heavy (non-hydrogen) atoms. The number of thiazole rings is 1. The Kier molecular flexibility index (Phi) is 4.14. The monoisotopic (exact) mass is 256 g/mol. The largest absolute Gasteiger partial charge is 0.481 e. The molecular formula is C12H20N2O2S. The van der Waals surface area contributed by atoms with Gasteiger partial charge in [0.25, 0.3) is 0 Å². The Bertz CT molecular complexity index is 395. The lowest BCUT2D eigenvalue weighted by atomic mass is 9.87. The third-order valence-electron chi connectivity index (χ3n) is 3.01. The summed E-state index contributed by atoms with van der Waals surface area (Å²) in [6.07, 6.45) is -0.00572. The summed E-state index contributed by atoms with van der Waals surface area (Å²) in [5.74, 6) is -0.839. The molecule has 0 amide bonds. The number of nitrogens with zero attached hydrogens (tertiary/aromatic N) is 2. The molecule has 0 saturated heterocycles. The van der Waals surface area contributed by atoms with Crippen LogP contribution in [0.25, 0.3) is 0 Å². The Morgan fingerprint density at radius 2 is 2.18 bits per heavy atom. The fourth-order valence-corrected chi connectivity index (χ4v) is 2.31. The van der Waals surface area contributed by atoms with E-state index in [-0.39, 0.29) is 11.8 Å². The summed E-state index contributed by atoms with van der Waals surface area (Å²) in [4.78, 5) is 17.0. The van der Waals surface area contributed by atoms with Crippen molar-refractivity contribution in [2.24, 2.45) is 5.41 Å². The zero-order chi connectivity index (χ0) is 13.2. The summed E-state index contributed by atoms with van der Waals surface area (Å²) in [5.41, 5.74) is 0.790. The van der Waals surface area contributed by atoms with Crippen molar-refractivity contribution in [2.75, 3.05) is 11.9 Å². The van der Waals surface area contributed by atoms with E-state index in [0.29, 0.717) is 11.7 Å². The number of carboxylic acid groups (broad SMARTS) is 1. The lowest BCUT2D eigenvalue weighted by Gasteiger charge is -2.35. The topological polar surface area (TPSA) is 53.4 Å². The maximum Gasteiger partial charge on any atom is 0.309 e. The average Bonchev–Trinajstić information content (AvgIpc) is 2.61. The lowest BCUT2D eigenvalue weighted by molar-refractivity contribution is -0.136. The first-order valence-electron chi connectivity index (χ1n) is 5.61. The maximum absolute atomic E-state index is 10.6. The number of rotatable bonds is 4. The van der Waals surface area contributed by atoms with Gasteiger partial charge in [0.1, 0.15) is 0 Å². The minimum Gasteiger partial charge on any atom is -0.481 e. The Morgan fingerprint density at radius 3 is 2.65 bits per heavy atom. The number of hydrogen-bond acceptors (Lipinski definition) is 4. The van der Waals surface area contributed by atoms with E-state index < -0.39 is 5.97 Å². The highest BCUT2D eigenvalue weighted by molar-refractivity contribution is 7.13. The average molecular weight is 256 g/mol. The molecule has 0 radical (unpaired) electrons. The number of carboxylic acids is 1. The summed E-state index contributed by atoms with van der Waals surface area (Å²) >= 11 is 1.50. The molecule has 1 unspecified atom stereocenters. The van der Waals surface area contributed by atoms with Crippen molar-refractivity contribution >= 4 is 22.4 Å². The molecule has 96 valence electrons. The third-order valence-corrected chi connectivity index (χ3v) is 3.99. The zero-order valence-corrected chi connectivity index (χ0v) is 11.8. The second kappa shape index (κ2) is 5.04. The minimum atomic E-state index is -0.839. The molecule has 5 heteroatoms. The fraction of sp³-hybridized carbons (Fsp3) is 0.667. The lowest BCUT2D eigenvalue weighted by Crippen LogP contribution is -2.39. The van der Waals surface area contributed by atoms with E-state index in [1.165, 1.54) is 11.3 Å². The van der Waals surface area contributed by atoms with Crippen LogP contribution in [-0.2, 0) is 11.2 Å². The summed E-state index contributed by atoms with van der Waals surface area (Å²) in [7, 11) is 2.00. The Labute approximate surface area is 106 Å². The molecule has 4 nitrogen and oxygen atoms in total. The Morgan fingerprint density at radius 1 is 1.59 bits per heavy atom. The van der Waals surface area contributed by atoms with Crippen molar-refractivity contribution in [2.45, 2.75) is 40.2 Å². The van der Waals surface area contributed by atoms with Gasteiger partial charge in [-0.25, -0.2) is 4.98 Å². The van der Waals surface area contributed by atoms with Crippen LogP contribution in [-0.4, -0.2) is 29.1 Å². The number of aromatic nitrogens is 1. The van der Waals surface area contributed by atoms with Gasteiger partial charge in [0.2, 0.25) is 0 Å². The van der Waals surface area contributed by atoms with E-state index in [4.69, 9.17) is 5.11 Å². The van der Waals surface area contributed by atoms with Crippen molar-refractivity contribution in [3.05, 3.63) is 11.1 Å². The highest BCUT2D eigenvalue weighted by atomic mass is 32.1. The highest BCUT2D eigenvalue weighted by Gasteiger charge is 2.25. The van der Waals surface area contributed by atoms with Gasteiger partial charge in [-0.15, -0.1) is 11.3 Å². The summed E-state index contributed by atoms with van der Waals surface area (Å²) in [6.45, 7) is 8.69. The molecule has 0 aliphatic carbocycles. The van der Waals surface area contributed by atoms with Crippen molar-refractivity contribution in [1.82, 2.24) is 4.98 Å². The number of aliphatic carboxylic acids is 1. The predicted octanol–water partition coefficient (Wildman–Crippen LogP) is 2.64. The first-order valence-corrected chi connectivity index (χ1v) is 6.49. The number of anilines is 1. The molecule has 1 aromatic rings. The molecule has 0 saturated carbocycles. The van der Waals surface area contributed by atoms with Gasteiger partial charge in [-0.3, -0.25) is 4.79 Å². The molecular weight excluding hydrogens is 236 g/mol. The van der Waals surface area contributed by atoms with E-state index in [2.05, 4.69) is 37.6 Å². The minimum absolute atomic E-state index is 0.00572. The van der Waals surface area contributed by atoms with Crippen LogP contribution in [0, 0.1) is 5.41 Å². The maximum atomic E-state index is 10.6. The summed E-state index contributed by atoms with van der Waals surface area (Å²) in [5, 5.41) is 11.4. The van der Waals surface area contributed by atoms with Crippen molar-refractivity contribution in [3.63, 3.8) is 0 Å². The van der Waals surface area contributed by atoms with Gasteiger partial charge in [-0.1, -0.05) is 20.8 Å². The van der Waals surface area contributed by atoms with Crippen LogP contribution >= 0.6 is 11.3 Å². The highest BCUT2D eigenvalue weighted by Crippen LogP contribution is 2.29. The van der Waals surface area contributed by atoms with Crippen LogP contribution in [0.4, 0.5) is 5.13 Å². The van der Waals surface area contributed by atoms with E-state index in [1.54, 1.807) is 0 Å². The van der Waals surface area contributed by atoms with Crippen molar-refractivity contribution in [1.29, 1.82) is 0 Å². The van der Waals surface area contributed by atoms with Crippen molar-refractivity contribution < 1.29 is 9.90 Å². The molecule has 1 aromatic heterocycles. The molecule has 0 aliphatic heterocycles. The van der Waals surface area contributed by atoms with E-state index in [1.807, 2.05) is 12.4 Å². The van der Waals surface area contributed by atoms with Crippen LogP contribution in [0.5, 0.6) is 0 Å². The van der Waals surface area contributed by atoms with Crippen LogP contribution in [0.3, 0.4) is 0 Å². The molecule has 1 heterocycles. The number of carbonyl (C=O) groups is 1. The standard InChI is InChI=1S/C12H20N2O2S/c1-8(12(2,3)4)14(5)11-13-9(7-17-11)6-10(15)16/h7-8H,6H2,1-5H3,(H,15,16). The molecule has 1 rings (SSSR count). The van der Waals surface area contributed by atoms with Crippen LogP contribution in [0.2, 0.25) is 0 Å². The van der Waals surface area contributed by atoms with Crippen molar-refractivity contribution in [3.8, 4) is 0 Å². The molecule has 1 N–H and O–H groups in total. The van der Waals surface area contributed by atoms with E-state index in [0.717, 1.165) is 5.13 Å².